The van der Waals surface area contributed by atoms with Gasteiger partial charge in [0.2, 0.25) is 0 Å². The molecule has 1 aliphatic heterocycles. The van der Waals surface area contributed by atoms with Gasteiger partial charge in [-0.3, -0.25) is 9.78 Å². The minimum atomic E-state index is -2.93. The van der Waals surface area contributed by atoms with Crippen LogP contribution in [0.3, 0.4) is 0 Å². The van der Waals surface area contributed by atoms with Gasteiger partial charge in [0.1, 0.15) is 11.8 Å². The Bertz CT molecular complexity index is 1140. The molecule has 0 bridgehead atoms. The zero-order valence-corrected chi connectivity index (χ0v) is 17.3. The summed E-state index contributed by atoms with van der Waals surface area (Å²) in [5.74, 6) is 0.362. The third-order valence-electron chi connectivity index (χ3n) is 5.68. The van der Waals surface area contributed by atoms with Crippen molar-refractivity contribution in [1.29, 1.82) is 5.26 Å². The Morgan fingerprint density at radius 2 is 1.97 bits per heavy atom. The van der Waals surface area contributed by atoms with Gasteiger partial charge in [-0.15, -0.1) is 0 Å². The number of fused-ring (bicyclic) bond motifs is 1. The van der Waals surface area contributed by atoms with E-state index in [2.05, 4.69) is 21.1 Å². The lowest BCUT2D eigenvalue weighted by Crippen LogP contribution is -2.39. The number of rotatable bonds is 6. The fraction of sp³-hybridized carbons (Fsp3) is 0.292. The van der Waals surface area contributed by atoms with Crippen LogP contribution < -0.4 is 10.1 Å². The van der Waals surface area contributed by atoms with Crippen LogP contribution >= 0.6 is 0 Å². The number of aromatic nitrogens is 1. The van der Waals surface area contributed by atoms with Gasteiger partial charge in [0, 0.05) is 36.8 Å². The van der Waals surface area contributed by atoms with Crippen molar-refractivity contribution in [3.8, 4) is 11.8 Å². The molecular formula is C24H22F2N4O2. The van der Waals surface area contributed by atoms with Crippen molar-refractivity contribution in [3.63, 3.8) is 0 Å². The zero-order valence-electron chi connectivity index (χ0n) is 17.3. The van der Waals surface area contributed by atoms with Gasteiger partial charge in [-0.1, -0.05) is 18.2 Å². The number of anilines is 1. The molecular weight excluding hydrogens is 414 g/mol. The van der Waals surface area contributed by atoms with Crippen LogP contribution in [0.2, 0.25) is 0 Å². The Kier molecular flexibility index (Phi) is 6.45. The Morgan fingerprint density at radius 1 is 1.22 bits per heavy atom. The molecule has 1 N–H and O–H groups in total. The zero-order chi connectivity index (χ0) is 22.5. The van der Waals surface area contributed by atoms with E-state index in [0.717, 1.165) is 12.8 Å². The van der Waals surface area contributed by atoms with Crippen LogP contribution in [0.1, 0.15) is 28.8 Å². The number of halogens is 2. The molecule has 164 valence electrons. The molecule has 0 aliphatic carbocycles. The van der Waals surface area contributed by atoms with Crippen LogP contribution in [0.4, 0.5) is 14.5 Å². The predicted octanol–water partition coefficient (Wildman–Crippen LogP) is 4.67. The summed E-state index contributed by atoms with van der Waals surface area (Å²) in [5.41, 5.74) is 2.16. The van der Waals surface area contributed by atoms with Gasteiger partial charge in [-0.2, -0.15) is 14.0 Å². The number of nitrogens with one attached hydrogen (secondary N) is 1. The number of amides is 1. The molecule has 0 spiro atoms. The number of benzene rings is 2. The van der Waals surface area contributed by atoms with Crippen molar-refractivity contribution in [2.45, 2.75) is 19.5 Å². The number of nitrogens with zero attached hydrogens (tertiary/aromatic N) is 3. The minimum absolute atomic E-state index is 0.0140. The van der Waals surface area contributed by atoms with Gasteiger partial charge >= 0.3 is 6.61 Å². The molecule has 8 heteroatoms. The second-order valence-corrected chi connectivity index (χ2v) is 7.70. The van der Waals surface area contributed by atoms with E-state index in [1.54, 1.807) is 6.07 Å². The summed E-state index contributed by atoms with van der Waals surface area (Å²) in [6.45, 7) is -1.01. The molecule has 1 aromatic heterocycles. The summed E-state index contributed by atoms with van der Waals surface area (Å²) in [7, 11) is 0. The van der Waals surface area contributed by atoms with Crippen LogP contribution in [-0.4, -0.2) is 42.0 Å². The first-order chi connectivity index (χ1) is 15.5. The Morgan fingerprint density at radius 3 is 2.66 bits per heavy atom. The van der Waals surface area contributed by atoms with E-state index >= 15 is 0 Å². The molecule has 2 heterocycles. The molecule has 0 atom stereocenters. The van der Waals surface area contributed by atoms with Gasteiger partial charge < -0.3 is 15.0 Å². The van der Waals surface area contributed by atoms with Gasteiger partial charge in [-0.05, 0) is 49.1 Å². The minimum Gasteiger partial charge on any atom is -0.435 e. The first-order valence-electron chi connectivity index (χ1n) is 10.4. The van der Waals surface area contributed by atoms with Crippen LogP contribution in [0, 0.1) is 17.2 Å². The maximum Gasteiger partial charge on any atom is 0.387 e. The third-order valence-corrected chi connectivity index (χ3v) is 5.68. The van der Waals surface area contributed by atoms with Crippen molar-refractivity contribution >= 4 is 22.5 Å². The van der Waals surface area contributed by atoms with Crippen molar-refractivity contribution in [2.24, 2.45) is 5.92 Å². The van der Waals surface area contributed by atoms with Crippen LogP contribution in [0.25, 0.3) is 10.9 Å². The number of pyridine rings is 1. The maximum atomic E-state index is 12.6. The number of carbonyl (C=O) groups is 1. The maximum absolute atomic E-state index is 12.6. The fourth-order valence-electron chi connectivity index (χ4n) is 3.97. The van der Waals surface area contributed by atoms with E-state index in [-0.39, 0.29) is 11.7 Å². The van der Waals surface area contributed by atoms with Crippen molar-refractivity contribution < 1.29 is 18.3 Å². The van der Waals surface area contributed by atoms with Gasteiger partial charge in [0.25, 0.3) is 5.91 Å². The lowest BCUT2D eigenvalue weighted by Gasteiger charge is -2.32. The molecule has 1 aliphatic rings. The van der Waals surface area contributed by atoms with Gasteiger partial charge in [-0.25, -0.2) is 0 Å². The first kappa shape index (κ1) is 21.5. The summed E-state index contributed by atoms with van der Waals surface area (Å²) in [6, 6.07) is 15.8. The monoisotopic (exact) mass is 436 g/mol. The van der Waals surface area contributed by atoms with Crippen LogP contribution in [0.15, 0.2) is 54.7 Å². The quantitative estimate of drug-likeness (QED) is 0.608. The largest absolute Gasteiger partial charge is 0.435 e. The molecule has 6 nitrogen and oxygen atoms in total. The van der Waals surface area contributed by atoms with Crippen LogP contribution in [-0.2, 0) is 0 Å². The number of likely N-dealkylation sites (tertiary alicyclic amines) is 1. The average Bonchev–Trinajstić information content (AvgIpc) is 2.82. The highest BCUT2D eigenvalue weighted by Crippen LogP contribution is 2.30. The summed E-state index contributed by atoms with van der Waals surface area (Å²) >= 11 is 0. The first-order valence-corrected chi connectivity index (χ1v) is 10.4. The highest BCUT2D eigenvalue weighted by atomic mass is 19.3. The highest BCUT2D eigenvalue weighted by Gasteiger charge is 2.24. The number of piperidine rings is 1. The molecule has 32 heavy (non-hydrogen) atoms. The lowest BCUT2D eigenvalue weighted by atomic mass is 9.96. The molecule has 2 aromatic carbocycles. The lowest BCUT2D eigenvalue weighted by molar-refractivity contribution is -0.0497. The third kappa shape index (κ3) is 4.78. The number of nitriles is 1. The number of hydrogen-bond donors (Lipinski definition) is 1. The van der Waals surface area contributed by atoms with Crippen molar-refractivity contribution in [1.82, 2.24) is 9.88 Å². The molecule has 1 saturated heterocycles. The normalized spacial score (nSPS) is 14.4. The Labute approximate surface area is 184 Å². The Balaban J connectivity index is 1.44. The summed E-state index contributed by atoms with van der Waals surface area (Å²) < 4.78 is 29.7. The van der Waals surface area contributed by atoms with Crippen LogP contribution in [0.5, 0.6) is 5.75 Å². The van der Waals surface area contributed by atoms with E-state index < -0.39 is 6.61 Å². The summed E-state index contributed by atoms with van der Waals surface area (Å²) in [6.07, 6.45) is 3.13. The molecule has 1 fully saturated rings. The SMILES string of the molecule is N#Cc1cnc2ccc(OC(F)F)cc2c1NCC1CCN(C(=O)c2ccccc2)CC1. The van der Waals surface area contributed by atoms with Gasteiger partial charge in [0.15, 0.2) is 0 Å². The second-order valence-electron chi connectivity index (χ2n) is 7.70. The molecule has 3 aromatic rings. The summed E-state index contributed by atoms with van der Waals surface area (Å²) in [4.78, 5) is 18.7. The van der Waals surface area contributed by atoms with E-state index in [4.69, 9.17) is 0 Å². The van der Waals surface area contributed by atoms with E-state index in [9.17, 15) is 18.8 Å². The molecule has 0 radical (unpaired) electrons. The van der Waals surface area contributed by atoms with E-state index in [1.807, 2.05) is 35.2 Å². The number of ether oxygens (including phenoxy) is 1. The fourth-order valence-corrected chi connectivity index (χ4v) is 3.97. The smallest absolute Gasteiger partial charge is 0.387 e. The molecule has 1 amide bonds. The summed E-state index contributed by atoms with van der Waals surface area (Å²) in [5, 5.41) is 13.4. The standard InChI is InChI=1S/C24H22F2N4O2/c25-24(26)32-19-6-7-21-20(12-19)22(18(13-27)15-28-21)29-14-16-8-10-30(11-9-16)23(31)17-4-2-1-3-5-17/h1-7,12,15-16,24H,8-11,14H2,(H,28,29). The number of alkyl halides is 2. The van der Waals surface area contributed by atoms with E-state index in [1.165, 1.54) is 18.3 Å². The second kappa shape index (κ2) is 9.60. The van der Waals surface area contributed by atoms with Gasteiger partial charge in [0.05, 0.1) is 16.8 Å². The highest BCUT2D eigenvalue weighted by molar-refractivity contribution is 5.95. The number of hydrogen-bond acceptors (Lipinski definition) is 5. The van der Waals surface area contributed by atoms with Crippen molar-refractivity contribution in [2.75, 3.05) is 25.0 Å². The Hall–Kier alpha value is -3.73. The van der Waals surface area contributed by atoms with Crippen molar-refractivity contribution in [3.05, 3.63) is 65.9 Å². The molecule has 0 saturated carbocycles. The predicted molar refractivity (Wildman–Crippen MR) is 117 cm³/mol. The average molecular weight is 436 g/mol. The topological polar surface area (TPSA) is 78.2 Å². The molecule has 4 rings (SSSR count). The molecule has 0 unspecified atom stereocenters. The van der Waals surface area contributed by atoms with E-state index in [0.29, 0.717) is 53.3 Å². The number of carbonyl (C=O) groups excluding carboxylic acids is 1.